The van der Waals surface area contributed by atoms with E-state index in [0.29, 0.717) is 17.2 Å². The quantitative estimate of drug-likeness (QED) is 0.568. The summed E-state index contributed by atoms with van der Waals surface area (Å²) < 4.78 is 29.6. The maximum Gasteiger partial charge on any atom is 0.262 e. The molecule has 0 aliphatic carbocycles. The number of carbonyl (C=O) groups excluding carboxylic acids is 2. The number of para-hydroxylation sites is 2. The zero-order chi connectivity index (χ0) is 22.2. The van der Waals surface area contributed by atoms with Gasteiger partial charge in [-0.2, -0.15) is 0 Å². The zero-order valence-corrected chi connectivity index (χ0v) is 17.0. The third-order valence-electron chi connectivity index (χ3n) is 4.30. The zero-order valence-electron chi connectivity index (χ0n) is 17.0. The molecule has 3 rings (SSSR count). The fourth-order valence-corrected chi connectivity index (χ4v) is 2.76. The summed E-state index contributed by atoms with van der Waals surface area (Å²) in [5.41, 5.74) is 0.716. The van der Waals surface area contributed by atoms with Gasteiger partial charge < -0.3 is 24.8 Å². The summed E-state index contributed by atoms with van der Waals surface area (Å²) >= 11 is 0. The molecule has 8 heteroatoms. The first kappa shape index (κ1) is 21.6. The van der Waals surface area contributed by atoms with Gasteiger partial charge in [-0.3, -0.25) is 9.59 Å². The highest BCUT2D eigenvalue weighted by atomic mass is 19.1. The molecule has 0 spiro atoms. The van der Waals surface area contributed by atoms with E-state index in [0.717, 1.165) is 0 Å². The Hall–Kier alpha value is -4.07. The second kappa shape index (κ2) is 10.1. The van der Waals surface area contributed by atoms with E-state index in [-0.39, 0.29) is 17.0 Å². The lowest BCUT2D eigenvalue weighted by Gasteiger charge is -2.14. The molecule has 0 aromatic heterocycles. The summed E-state index contributed by atoms with van der Waals surface area (Å²) in [4.78, 5) is 24.9. The number of halogens is 1. The highest BCUT2D eigenvalue weighted by Crippen LogP contribution is 2.30. The number of hydrogen-bond donors (Lipinski definition) is 2. The van der Waals surface area contributed by atoms with Crippen molar-refractivity contribution in [2.75, 3.05) is 31.5 Å². The molecule has 0 radical (unpaired) electrons. The van der Waals surface area contributed by atoms with Crippen molar-refractivity contribution in [2.24, 2.45) is 0 Å². The number of ether oxygens (including phenoxy) is 3. The first-order valence-electron chi connectivity index (χ1n) is 9.31. The van der Waals surface area contributed by atoms with Crippen molar-refractivity contribution >= 4 is 23.2 Å². The van der Waals surface area contributed by atoms with Crippen LogP contribution >= 0.6 is 0 Å². The predicted octanol–water partition coefficient (Wildman–Crippen LogP) is 4.11. The van der Waals surface area contributed by atoms with E-state index in [4.69, 9.17) is 14.2 Å². The van der Waals surface area contributed by atoms with E-state index in [1.165, 1.54) is 32.4 Å². The van der Waals surface area contributed by atoms with Gasteiger partial charge in [-0.25, -0.2) is 4.39 Å². The number of rotatable bonds is 8. The van der Waals surface area contributed by atoms with Crippen molar-refractivity contribution in [3.63, 3.8) is 0 Å². The van der Waals surface area contributed by atoms with Gasteiger partial charge in [0.15, 0.2) is 6.61 Å². The molecule has 31 heavy (non-hydrogen) atoms. The molecule has 3 aromatic rings. The van der Waals surface area contributed by atoms with Crippen LogP contribution in [0.15, 0.2) is 66.7 Å². The minimum Gasteiger partial charge on any atom is -0.497 e. The second-order valence-corrected chi connectivity index (χ2v) is 6.33. The summed E-state index contributed by atoms with van der Waals surface area (Å²) in [5, 5.41) is 5.18. The average Bonchev–Trinajstić information content (AvgIpc) is 2.79. The molecule has 2 N–H and O–H groups in total. The molecule has 0 aliphatic heterocycles. The van der Waals surface area contributed by atoms with Crippen LogP contribution in [-0.2, 0) is 4.79 Å². The number of methoxy groups -OCH3 is 2. The Balaban J connectivity index is 1.69. The van der Waals surface area contributed by atoms with E-state index in [2.05, 4.69) is 10.6 Å². The van der Waals surface area contributed by atoms with Gasteiger partial charge in [0.1, 0.15) is 23.1 Å². The van der Waals surface area contributed by atoms with Crippen LogP contribution in [0.1, 0.15) is 10.4 Å². The van der Waals surface area contributed by atoms with Crippen molar-refractivity contribution in [1.82, 2.24) is 0 Å². The van der Waals surface area contributed by atoms with E-state index >= 15 is 0 Å². The third kappa shape index (κ3) is 5.51. The van der Waals surface area contributed by atoms with Gasteiger partial charge in [-0.05, 0) is 36.4 Å². The number of anilines is 2. The summed E-state index contributed by atoms with van der Waals surface area (Å²) in [6.07, 6.45) is 0. The topological polar surface area (TPSA) is 85.9 Å². The van der Waals surface area contributed by atoms with E-state index in [9.17, 15) is 14.0 Å². The standard InChI is InChI=1S/C23H21FN2O5/c1-29-15-11-12-19(21(13-15)30-2)26-23(28)16-7-3-6-10-20(16)31-14-22(27)25-18-9-5-4-8-17(18)24/h3-13H,14H2,1-2H3,(H,25,27)(H,26,28). The van der Waals surface area contributed by atoms with Crippen LogP contribution in [0, 0.1) is 5.82 Å². The Morgan fingerprint density at radius 1 is 0.839 bits per heavy atom. The van der Waals surface area contributed by atoms with Gasteiger partial charge in [0.25, 0.3) is 11.8 Å². The molecule has 0 unspecified atom stereocenters. The summed E-state index contributed by atoms with van der Waals surface area (Å²) in [7, 11) is 3.01. The minimum atomic E-state index is -0.558. The molecule has 7 nitrogen and oxygen atoms in total. The van der Waals surface area contributed by atoms with Crippen molar-refractivity contribution in [3.8, 4) is 17.2 Å². The first-order valence-corrected chi connectivity index (χ1v) is 9.31. The van der Waals surface area contributed by atoms with Crippen LogP contribution in [0.4, 0.5) is 15.8 Å². The largest absolute Gasteiger partial charge is 0.497 e. The molecule has 0 heterocycles. The van der Waals surface area contributed by atoms with Crippen LogP contribution < -0.4 is 24.8 Å². The minimum absolute atomic E-state index is 0.0497. The summed E-state index contributed by atoms with van der Waals surface area (Å²) in [6, 6.07) is 17.3. The highest BCUT2D eigenvalue weighted by molar-refractivity contribution is 6.07. The normalized spacial score (nSPS) is 10.2. The van der Waals surface area contributed by atoms with Crippen molar-refractivity contribution < 1.29 is 28.2 Å². The van der Waals surface area contributed by atoms with E-state index in [1.54, 1.807) is 48.5 Å². The number of benzene rings is 3. The van der Waals surface area contributed by atoms with Crippen LogP contribution in [0.3, 0.4) is 0 Å². The maximum atomic E-state index is 13.7. The fourth-order valence-electron chi connectivity index (χ4n) is 2.76. The van der Waals surface area contributed by atoms with Crippen LogP contribution in [0.2, 0.25) is 0 Å². The van der Waals surface area contributed by atoms with Gasteiger partial charge in [0.05, 0.1) is 31.2 Å². The summed E-state index contributed by atoms with van der Waals surface area (Å²) in [5.74, 6) is -0.347. The molecule has 160 valence electrons. The lowest BCUT2D eigenvalue weighted by Crippen LogP contribution is -2.22. The molecular formula is C23H21FN2O5. The smallest absolute Gasteiger partial charge is 0.262 e. The maximum absolute atomic E-state index is 13.7. The van der Waals surface area contributed by atoms with Gasteiger partial charge >= 0.3 is 0 Å². The van der Waals surface area contributed by atoms with Crippen LogP contribution in [0.5, 0.6) is 17.2 Å². The van der Waals surface area contributed by atoms with Crippen molar-refractivity contribution in [2.45, 2.75) is 0 Å². The van der Waals surface area contributed by atoms with Gasteiger partial charge in [-0.1, -0.05) is 24.3 Å². The van der Waals surface area contributed by atoms with Gasteiger partial charge in [-0.15, -0.1) is 0 Å². The second-order valence-electron chi connectivity index (χ2n) is 6.33. The molecule has 3 aromatic carbocycles. The Labute approximate surface area is 178 Å². The number of hydrogen-bond acceptors (Lipinski definition) is 5. The van der Waals surface area contributed by atoms with Crippen molar-refractivity contribution in [1.29, 1.82) is 0 Å². The lowest BCUT2D eigenvalue weighted by atomic mass is 10.1. The average molecular weight is 424 g/mol. The van der Waals surface area contributed by atoms with Crippen molar-refractivity contribution in [3.05, 3.63) is 78.1 Å². The third-order valence-corrected chi connectivity index (χ3v) is 4.30. The Morgan fingerprint density at radius 3 is 2.32 bits per heavy atom. The molecule has 0 atom stereocenters. The Bertz CT molecular complexity index is 1090. The van der Waals surface area contributed by atoms with E-state index in [1.807, 2.05) is 0 Å². The molecule has 0 aliphatic rings. The van der Waals surface area contributed by atoms with E-state index < -0.39 is 24.2 Å². The number of nitrogens with one attached hydrogen (secondary N) is 2. The Kier molecular flexibility index (Phi) is 7.05. The van der Waals surface area contributed by atoms with Crippen LogP contribution in [0.25, 0.3) is 0 Å². The fraction of sp³-hybridized carbons (Fsp3) is 0.130. The molecular weight excluding hydrogens is 403 g/mol. The SMILES string of the molecule is COc1ccc(NC(=O)c2ccccc2OCC(=O)Nc2ccccc2F)c(OC)c1. The monoisotopic (exact) mass is 424 g/mol. The van der Waals surface area contributed by atoms with Gasteiger partial charge in [0.2, 0.25) is 0 Å². The first-order chi connectivity index (χ1) is 15.0. The highest BCUT2D eigenvalue weighted by Gasteiger charge is 2.16. The molecule has 0 saturated heterocycles. The lowest BCUT2D eigenvalue weighted by molar-refractivity contribution is -0.118. The summed E-state index contributed by atoms with van der Waals surface area (Å²) in [6.45, 7) is -0.398. The number of carbonyl (C=O) groups is 2. The molecule has 0 bridgehead atoms. The Morgan fingerprint density at radius 2 is 1.58 bits per heavy atom. The number of amides is 2. The molecule has 2 amide bonds. The molecule has 0 saturated carbocycles. The predicted molar refractivity (Wildman–Crippen MR) is 114 cm³/mol. The van der Waals surface area contributed by atoms with Crippen LogP contribution in [-0.4, -0.2) is 32.6 Å². The van der Waals surface area contributed by atoms with Gasteiger partial charge in [0, 0.05) is 6.07 Å². The molecule has 0 fully saturated rings.